The normalized spacial score (nSPS) is 10.1. The number of anilines is 1. The highest BCUT2D eigenvalue weighted by Gasteiger charge is 2.03. The molecule has 2 heterocycles. The Morgan fingerprint density at radius 1 is 1.44 bits per heavy atom. The van der Waals surface area contributed by atoms with Gasteiger partial charge in [-0.3, -0.25) is 4.79 Å². The first-order valence-electron chi connectivity index (χ1n) is 4.95. The summed E-state index contributed by atoms with van der Waals surface area (Å²) in [4.78, 5) is 19.5. The van der Waals surface area contributed by atoms with Crippen LogP contribution >= 0.6 is 11.3 Å². The van der Waals surface area contributed by atoms with Crippen molar-refractivity contribution in [1.82, 2.24) is 9.97 Å². The van der Waals surface area contributed by atoms with Gasteiger partial charge in [0, 0.05) is 29.8 Å². The fraction of sp³-hybridized carbons (Fsp3) is 0.182. The molecule has 0 aliphatic heterocycles. The van der Waals surface area contributed by atoms with E-state index >= 15 is 0 Å². The van der Waals surface area contributed by atoms with Crippen molar-refractivity contribution in [2.45, 2.75) is 13.3 Å². The van der Waals surface area contributed by atoms with Crippen LogP contribution in [0.15, 0.2) is 29.9 Å². The molecule has 0 fully saturated rings. The number of nitrogens with one attached hydrogen (secondary N) is 1. The molecule has 0 aromatic carbocycles. The summed E-state index contributed by atoms with van der Waals surface area (Å²) in [6.07, 6.45) is 3.92. The van der Waals surface area contributed by atoms with E-state index in [9.17, 15) is 4.79 Å². The molecule has 0 spiro atoms. The smallest absolute Gasteiger partial charge is 0.225 e. The number of hydrogen-bond donors (Lipinski definition) is 1. The average molecular weight is 233 g/mol. The molecule has 0 saturated carbocycles. The molecule has 0 unspecified atom stereocenters. The van der Waals surface area contributed by atoms with Gasteiger partial charge in [-0.25, -0.2) is 9.97 Å². The standard InChI is InChI=1S/C11H11N3OS/c1-2-10(15)14-9-4-3-8(7-13-9)11-12-5-6-16-11/h3-7H,2H2,1H3,(H,13,14,15). The third-order valence-corrected chi connectivity index (χ3v) is 2.85. The predicted octanol–water partition coefficient (Wildman–Crippen LogP) is 2.55. The lowest BCUT2D eigenvalue weighted by Gasteiger charge is -2.02. The van der Waals surface area contributed by atoms with Crippen molar-refractivity contribution in [3.05, 3.63) is 29.9 Å². The summed E-state index contributed by atoms with van der Waals surface area (Å²) in [7, 11) is 0. The topological polar surface area (TPSA) is 54.9 Å². The molecule has 0 bridgehead atoms. The first-order valence-corrected chi connectivity index (χ1v) is 5.83. The Morgan fingerprint density at radius 3 is 2.88 bits per heavy atom. The van der Waals surface area contributed by atoms with Crippen LogP contribution in [-0.4, -0.2) is 15.9 Å². The minimum Gasteiger partial charge on any atom is -0.311 e. The van der Waals surface area contributed by atoms with Gasteiger partial charge >= 0.3 is 0 Å². The zero-order chi connectivity index (χ0) is 11.4. The Balaban J connectivity index is 2.14. The molecular weight excluding hydrogens is 222 g/mol. The molecule has 82 valence electrons. The Hall–Kier alpha value is -1.75. The van der Waals surface area contributed by atoms with Crippen molar-refractivity contribution in [1.29, 1.82) is 0 Å². The van der Waals surface area contributed by atoms with Crippen LogP contribution in [0.5, 0.6) is 0 Å². The molecule has 2 aromatic heterocycles. The number of nitrogens with zero attached hydrogens (tertiary/aromatic N) is 2. The van der Waals surface area contributed by atoms with Gasteiger partial charge < -0.3 is 5.32 Å². The van der Waals surface area contributed by atoms with Gasteiger partial charge in [-0.2, -0.15) is 0 Å². The predicted molar refractivity (Wildman–Crippen MR) is 64.3 cm³/mol. The molecule has 0 atom stereocenters. The monoisotopic (exact) mass is 233 g/mol. The minimum atomic E-state index is -0.0329. The lowest BCUT2D eigenvalue weighted by Crippen LogP contribution is -2.10. The van der Waals surface area contributed by atoms with Crippen molar-refractivity contribution >= 4 is 23.1 Å². The molecule has 0 saturated heterocycles. The number of carbonyl (C=O) groups excluding carboxylic acids is 1. The van der Waals surface area contributed by atoms with Crippen LogP contribution in [0.2, 0.25) is 0 Å². The first kappa shape index (κ1) is 10.8. The average Bonchev–Trinajstić information content (AvgIpc) is 2.83. The number of pyridine rings is 1. The molecule has 0 aliphatic carbocycles. The second kappa shape index (κ2) is 4.85. The van der Waals surface area contributed by atoms with Gasteiger partial charge in [-0.05, 0) is 12.1 Å². The molecule has 0 radical (unpaired) electrons. The molecular formula is C11H11N3OS. The van der Waals surface area contributed by atoms with Crippen LogP contribution in [0.1, 0.15) is 13.3 Å². The van der Waals surface area contributed by atoms with E-state index in [4.69, 9.17) is 0 Å². The molecule has 5 heteroatoms. The summed E-state index contributed by atoms with van der Waals surface area (Å²) in [5, 5.41) is 5.55. The van der Waals surface area contributed by atoms with Gasteiger partial charge in [0.15, 0.2) is 0 Å². The molecule has 0 aliphatic rings. The van der Waals surface area contributed by atoms with Crippen LogP contribution in [0.25, 0.3) is 10.6 Å². The van der Waals surface area contributed by atoms with E-state index in [0.29, 0.717) is 12.2 Å². The number of amides is 1. The van der Waals surface area contributed by atoms with Crippen LogP contribution in [-0.2, 0) is 4.79 Å². The number of carbonyl (C=O) groups is 1. The van der Waals surface area contributed by atoms with E-state index in [-0.39, 0.29) is 5.91 Å². The van der Waals surface area contributed by atoms with Gasteiger partial charge in [-0.15, -0.1) is 11.3 Å². The van der Waals surface area contributed by atoms with Crippen LogP contribution in [0, 0.1) is 0 Å². The van der Waals surface area contributed by atoms with Crippen molar-refractivity contribution in [3.63, 3.8) is 0 Å². The lowest BCUT2D eigenvalue weighted by atomic mass is 10.3. The third-order valence-electron chi connectivity index (χ3n) is 2.03. The fourth-order valence-corrected chi connectivity index (χ4v) is 1.82. The molecule has 4 nitrogen and oxygen atoms in total. The third kappa shape index (κ3) is 2.43. The maximum atomic E-state index is 11.1. The summed E-state index contributed by atoms with van der Waals surface area (Å²) in [5.74, 6) is 0.543. The number of hydrogen-bond acceptors (Lipinski definition) is 4. The molecule has 2 aromatic rings. The van der Waals surface area contributed by atoms with Crippen LogP contribution in [0.3, 0.4) is 0 Å². The highest BCUT2D eigenvalue weighted by Crippen LogP contribution is 2.21. The summed E-state index contributed by atoms with van der Waals surface area (Å²) < 4.78 is 0. The van der Waals surface area contributed by atoms with E-state index in [1.54, 1.807) is 36.7 Å². The van der Waals surface area contributed by atoms with E-state index in [1.807, 2.05) is 11.4 Å². The summed E-state index contributed by atoms with van der Waals surface area (Å²) in [6, 6.07) is 3.68. The molecule has 16 heavy (non-hydrogen) atoms. The van der Waals surface area contributed by atoms with Gasteiger partial charge in [0.2, 0.25) is 5.91 Å². The van der Waals surface area contributed by atoms with Crippen molar-refractivity contribution in [3.8, 4) is 10.6 Å². The second-order valence-electron chi connectivity index (χ2n) is 3.17. The van der Waals surface area contributed by atoms with Crippen molar-refractivity contribution in [2.75, 3.05) is 5.32 Å². The SMILES string of the molecule is CCC(=O)Nc1ccc(-c2nccs2)cn1. The number of thiazole rings is 1. The largest absolute Gasteiger partial charge is 0.311 e. The lowest BCUT2D eigenvalue weighted by molar-refractivity contribution is -0.115. The van der Waals surface area contributed by atoms with Crippen molar-refractivity contribution < 1.29 is 4.79 Å². The van der Waals surface area contributed by atoms with E-state index in [1.165, 1.54) is 0 Å². The van der Waals surface area contributed by atoms with E-state index < -0.39 is 0 Å². The Bertz CT molecular complexity index is 464. The number of rotatable bonds is 3. The van der Waals surface area contributed by atoms with Crippen LogP contribution < -0.4 is 5.32 Å². The van der Waals surface area contributed by atoms with Gasteiger partial charge in [0.05, 0.1) is 0 Å². The maximum Gasteiger partial charge on any atom is 0.225 e. The summed E-state index contributed by atoms with van der Waals surface area (Å²) >= 11 is 1.56. The summed E-state index contributed by atoms with van der Waals surface area (Å²) in [5.41, 5.74) is 0.962. The first-order chi connectivity index (χ1) is 7.79. The second-order valence-corrected chi connectivity index (χ2v) is 4.07. The molecule has 1 N–H and O–H groups in total. The van der Waals surface area contributed by atoms with Gasteiger partial charge in [-0.1, -0.05) is 6.92 Å². The fourth-order valence-electron chi connectivity index (χ4n) is 1.19. The van der Waals surface area contributed by atoms with E-state index in [2.05, 4.69) is 15.3 Å². The summed E-state index contributed by atoms with van der Waals surface area (Å²) in [6.45, 7) is 1.80. The highest BCUT2D eigenvalue weighted by atomic mass is 32.1. The Labute approximate surface area is 97.4 Å². The molecule has 1 amide bonds. The molecule has 2 rings (SSSR count). The van der Waals surface area contributed by atoms with Crippen molar-refractivity contribution in [2.24, 2.45) is 0 Å². The number of aromatic nitrogens is 2. The quantitative estimate of drug-likeness (QED) is 0.886. The zero-order valence-corrected chi connectivity index (χ0v) is 9.62. The van der Waals surface area contributed by atoms with Gasteiger partial charge in [0.1, 0.15) is 10.8 Å². The maximum absolute atomic E-state index is 11.1. The zero-order valence-electron chi connectivity index (χ0n) is 8.80. The Kier molecular flexibility index (Phi) is 3.26. The van der Waals surface area contributed by atoms with E-state index in [0.717, 1.165) is 10.6 Å². The van der Waals surface area contributed by atoms with Gasteiger partial charge in [0.25, 0.3) is 0 Å². The minimum absolute atomic E-state index is 0.0329. The Morgan fingerprint density at radius 2 is 2.31 bits per heavy atom. The highest BCUT2D eigenvalue weighted by molar-refractivity contribution is 7.13. The van der Waals surface area contributed by atoms with Crippen LogP contribution in [0.4, 0.5) is 5.82 Å².